The van der Waals surface area contributed by atoms with Crippen LogP contribution in [0, 0.1) is 5.92 Å². The molecule has 1 atom stereocenters. The lowest BCUT2D eigenvalue weighted by atomic mass is 9.97. The predicted molar refractivity (Wildman–Crippen MR) is 101 cm³/mol. The summed E-state index contributed by atoms with van der Waals surface area (Å²) in [6, 6.07) is 0.0101. The maximum absolute atomic E-state index is 12.3. The molecule has 0 aromatic heterocycles. The van der Waals surface area contributed by atoms with E-state index in [9.17, 15) is 9.59 Å². The van der Waals surface area contributed by atoms with Gasteiger partial charge >= 0.3 is 12.1 Å². The molecule has 0 aromatic carbocycles. The van der Waals surface area contributed by atoms with E-state index in [1.807, 2.05) is 27.7 Å². The highest BCUT2D eigenvalue weighted by molar-refractivity contribution is 5.93. The van der Waals surface area contributed by atoms with Crippen molar-refractivity contribution < 1.29 is 19.1 Å². The van der Waals surface area contributed by atoms with Crippen molar-refractivity contribution in [3.05, 3.63) is 12.3 Å². The fourth-order valence-electron chi connectivity index (χ4n) is 2.35. The molecule has 0 N–H and O–H groups in total. The minimum absolute atomic E-state index is 0.0101. The van der Waals surface area contributed by atoms with Crippen LogP contribution < -0.4 is 0 Å². The molecular formula is C19H34N2O4. The zero-order valence-electron chi connectivity index (χ0n) is 17.0. The molecule has 25 heavy (non-hydrogen) atoms. The van der Waals surface area contributed by atoms with E-state index in [1.54, 1.807) is 18.9 Å². The molecule has 0 aliphatic heterocycles. The number of hydrogen-bond donors (Lipinski definition) is 0. The molecule has 0 heterocycles. The minimum Gasteiger partial charge on any atom is -0.461 e. The van der Waals surface area contributed by atoms with Gasteiger partial charge in [-0.25, -0.2) is 9.59 Å². The van der Waals surface area contributed by atoms with Crippen molar-refractivity contribution in [2.75, 3.05) is 13.7 Å². The van der Waals surface area contributed by atoms with Crippen LogP contribution in [0.5, 0.6) is 0 Å². The van der Waals surface area contributed by atoms with Crippen LogP contribution in [0.1, 0.15) is 61.3 Å². The third-order valence-electron chi connectivity index (χ3n) is 3.59. The van der Waals surface area contributed by atoms with Crippen LogP contribution in [0.25, 0.3) is 0 Å². The minimum atomic E-state index is -0.526. The zero-order valence-corrected chi connectivity index (χ0v) is 17.0. The number of esters is 1. The van der Waals surface area contributed by atoms with Crippen molar-refractivity contribution in [3.8, 4) is 0 Å². The molecule has 1 unspecified atom stereocenters. The van der Waals surface area contributed by atoms with Gasteiger partial charge in [0.2, 0.25) is 0 Å². The van der Waals surface area contributed by atoms with Crippen LogP contribution in [0.4, 0.5) is 4.79 Å². The molecule has 0 rings (SSSR count). The van der Waals surface area contributed by atoms with Crippen LogP contribution in [0.3, 0.4) is 0 Å². The molecule has 144 valence electrons. The molecule has 0 aliphatic carbocycles. The fraction of sp³-hybridized carbons (Fsp3) is 0.737. The molecule has 6 heteroatoms. The van der Waals surface area contributed by atoms with Crippen LogP contribution in [0.15, 0.2) is 17.3 Å². The Balaban J connectivity index is 4.85. The van der Waals surface area contributed by atoms with E-state index < -0.39 is 11.6 Å². The van der Waals surface area contributed by atoms with E-state index in [-0.39, 0.29) is 23.8 Å². The van der Waals surface area contributed by atoms with E-state index in [0.29, 0.717) is 13.0 Å². The molecule has 0 radical (unpaired) electrons. The monoisotopic (exact) mass is 354 g/mol. The van der Waals surface area contributed by atoms with Gasteiger partial charge in [-0.3, -0.25) is 4.99 Å². The quantitative estimate of drug-likeness (QED) is 0.372. The van der Waals surface area contributed by atoms with Crippen molar-refractivity contribution in [1.29, 1.82) is 0 Å². The number of rotatable bonds is 8. The van der Waals surface area contributed by atoms with Crippen LogP contribution in [-0.4, -0.2) is 48.0 Å². The molecule has 0 saturated heterocycles. The van der Waals surface area contributed by atoms with Gasteiger partial charge in [-0.2, -0.15) is 0 Å². The average molecular weight is 354 g/mol. The molecule has 0 bridgehead atoms. The van der Waals surface area contributed by atoms with Gasteiger partial charge in [-0.15, -0.1) is 0 Å². The van der Waals surface area contributed by atoms with Gasteiger partial charge in [0.15, 0.2) is 0 Å². The summed E-state index contributed by atoms with van der Waals surface area (Å²) < 4.78 is 10.3. The zero-order chi connectivity index (χ0) is 19.8. The van der Waals surface area contributed by atoms with Crippen molar-refractivity contribution >= 4 is 17.8 Å². The normalized spacial score (nSPS) is 13.4. The molecule has 0 aliphatic rings. The lowest BCUT2D eigenvalue weighted by molar-refractivity contribution is -0.138. The highest BCUT2D eigenvalue weighted by Gasteiger charge is 2.27. The number of nitrogens with zero attached hydrogens (tertiary/aromatic N) is 2. The lowest BCUT2D eigenvalue weighted by Gasteiger charge is -2.33. The Bertz CT molecular complexity index is 504. The number of carbonyl (C=O) groups excluding carboxylic acids is 2. The third kappa shape index (κ3) is 9.27. The summed E-state index contributed by atoms with van der Waals surface area (Å²) in [6.07, 6.45) is 1.03. The van der Waals surface area contributed by atoms with E-state index in [2.05, 4.69) is 25.4 Å². The SMILES string of the molecule is C=C(N=C(C)CCC(C(C)C)N(C)C(=O)OC(C)(C)C)C(=O)OCC. The Morgan fingerprint density at radius 3 is 2.24 bits per heavy atom. The predicted octanol–water partition coefficient (Wildman–Crippen LogP) is 4.20. The smallest absolute Gasteiger partial charge is 0.410 e. The van der Waals surface area contributed by atoms with Gasteiger partial charge in [-0.05, 0) is 53.4 Å². The Hall–Kier alpha value is -1.85. The maximum Gasteiger partial charge on any atom is 0.410 e. The molecule has 0 spiro atoms. The molecular weight excluding hydrogens is 320 g/mol. The van der Waals surface area contributed by atoms with Gasteiger partial charge in [-0.1, -0.05) is 20.4 Å². The van der Waals surface area contributed by atoms with Gasteiger partial charge in [0.1, 0.15) is 11.3 Å². The van der Waals surface area contributed by atoms with Crippen molar-refractivity contribution in [2.45, 2.75) is 73.0 Å². The maximum atomic E-state index is 12.3. The first-order valence-electron chi connectivity index (χ1n) is 8.75. The van der Waals surface area contributed by atoms with E-state index in [1.165, 1.54) is 0 Å². The number of carbonyl (C=O) groups is 2. The van der Waals surface area contributed by atoms with Gasteiger partial charge in [0.05, 0.1) is 6.61 Å². The highest BCUT2D eigenvalue weighted by Crippen LogP contribution is 2.19. The van der Waals surface area contributed by atoms with Gasteiger partial charge in [0.25, 0.3) is 0 Å². The number of ether oxygens (including phenoxy) is 2. The van der Waals surface area contributed by atoms with Crippen LogP contribution in [0.2, 0.25) is 0 Å². The number of amides is 1. The first-order chi connectivity index (χ1) is 11.4. The van der Waals surface area contributed by atoms with Crippen LogP contribution >= 0.6 is 0 Å². The second-order valence-corrected chi connectivity index (χ2v) is 7.46. The van der Waals surface area contributed by atoms with Gasteiger partial charge in [0, 0.05) is 18.8 Å². The summed E-state index contributed by atoms with van der Waals surface area (Å²) in [7, 11) is 1.75. The average Bonchev–Trinajstić information content (AvgIpc) is 2.45. The second-order valence-electron chi connectivity index (χ2n) is 7.46. The summed E-state index contributed by atoms with van der Waals surface area (Å²) >= 11 is 0. The molecule has 1 amide bonds. The van der Waals surface area contributed by atoms with E-state index >= 15 is 0 Å². The topological polar surface area (TPSA) is 68.2 Å². The summed E-state index contributed by atoms with van der Waals surface area (Å²) in [6.45, 7) is 17.2. The first-order valence-corrected chi connectivity index (χ1v) is 8.75. The summed E-state index contributed by atoms with van der Waals surface area (Å²) in [5.41, 5.74) is 0.351. The number of aliphatic imine (C=N–C) groups is 1. The highest BCUT2D eigenvalue weighted by atomic mass is 16.6. The largest absolute Gasteiger partial charge is 0.461 e. The molecule has 0 fully saturated rings. The summed E-state index contributed by atoms with van der Waals surface area (Å²) in [5.74, 6) is -0.244. The first kappa shape index (κ1) is 23.1. The van der Waals surface area contributed by atoms with Crippen molar-refractivity contribution in [3.63, 3.8) is 0 Å². The van der Waals surface area contributed by atoms with E-state index in [0.717, 1.165) is 12.1 Å². The fourth-order valence-corrected chi connectivity index (χ4v) is 2.35. The summed E-state index contributed by atoms with van der Waals surface area (Å²) in [5, 5.41) is 0. The standard InChI is InChI=1S/C19H34N2O4/c1-10-24-17(22)15(5)20-14(4)11-12-16(13(2)3)21(9)18(23)25-19(6,7)8/h13,16H,5,10-12H2,1-4,6-9H3. The number of hydrogen-bond acceptors (Lipinski definition) is 5. The Morgan fingerprint density at radius 1 is 1.24 bits per heavy atom. The Kier molecular flexibility index (Phi) is 9.46. The van der Waals surface area contributed by atoms with Crippen molar-refractivity contribution in [2.24, 2.45) is 10.9 Å². The lowest BCUT2D eigenvalue weighted by Crippen LogP contribution is -2.43. The van der Waals surface area contributed by atoms with Crippen LogP contribution in [-0.2, 0) is 14.3 Å². The van der Waals surface area contributed by atoms with E-state index in [4.69, 9.17) is 9.47 Å². The molecule has 6 nitrogen and oxygen atoms in total. The van der Waals surface area contributed by atoms with Crippen molar-refractivity contribution in [1.82, 2.24) is 4.90 Å². The van der Waals surface area contributed by atoms with Gasteiger partial charge < -0.3 is 14.4 Å². The summed E-state index contributed by atoms with van der Waals surface area (Å²) in [4.78, 5) is 29.7. The molecule has 0 saturated carbocycles. The Morgan fingerprint density at radius 2 is 1.80 bits per heavy atom. The second kappa shape index (κ2) is 10.2. The Labute approximate surface area is 152 Å². The molecule has 0 aromatic rings. The third-order valence-corrected chi connectivity index (χ3v) is 3.59.